The molecule has 0 radical (unpaired) electrons. The van der Waals surface area contributed by atoms with Crippen LogP contribution in [0.2, 0.25) is 0 Å². The van der Waals surface area contributed by atoms with Crippen molar-refractivity contribution >= 4 is 39.1 Å². The summed E-state index contributed by atoms with van der Waals surface area (Å²) >= 11 is 1.85. The highest BCUT2D eigenvalue weighted by molar-refractivity contribution is 9.10. The molecule has 162 valence electrons. The summed E-state index contributed by atoms with van der Waals surface area (Å²) in [7, 11) is 0. The minimum absolute atomic E-state index is 0.157. The molecule has 0 saturated carbocycles. The van der Waals surface area contributed by atoms with Gasteiger partial charge in [0.1, 0.15) is 27.6 Å². The van der Waals surface area contributed by atoms with E-state index in [1.807, 2.05) is 52.0 Å². The molecule has 5 nitrogen and oxygen atoms in total. The maximum Gasteiger partial charge on any atom is 0.407 e. The van der Waals surface area contributed by atoms with Gasteiger partial charge in [-0.05, 0) is 57.5 Å². The molecule has 8 heteroatoms. The van der Waals surface area contributed by atoms with Crippen LogP contribution in [-0.2, 0) is 11.4 Å². The molecule has 2 atom stereocenters. The Morgan fingerprint density at radius 1 is 1.20 bits per heavy atom. The second-order valence-corrected chi connectivity index (χ2v) is 10.7. The van der Waals surface area contributed by atoms with Crippen molar-refractivity contribution < 1.29 is 18.8 Å². The van der Waals surface area contributed by atoms with Gasteiger partial charge in [-0.3, -0.25) is 0 Å². The fraction of sp³-hybridized carbons (Fsp3) is 0.364. The summed E-state index contributed by atoms with van der Waals surface area (Å²) in [5, 5.41) is 9.76. The fourth-order valence-electron chi connectivity index (χ4n) is 2.72. The number of rotatable bonds is 7. The third-order valence-corrected chi connectivity index (χ3v) is 6.51. The maximum atomic E-state index is 13.4. The minimum atomic E-state index is -1.52. The lowest BCUT2D eigenvalue weighted by Gasteiger charge is -2.27. The van der Waals surface area contributed by atoms with Crippen LogP contribution >= 0.6 is 15.9 Å². The molecule has 2 rings (SSSR count). The Labute approximate surface area is 188 Å². The van der Waals surface area contributed by atoms with Crippen molar-refractivity contribution in [3.05, 3.63) is 69.9 Å². The first-order chi connectivity index (χ1) is 14.0. The number of hydrogen-bond donors (Lipinski definition) is 1. The maximum absolute atomic E-state index is 13.4. The number of halogens is 2. The zero-order valence-corrected chi connectivity index (χ0v) is 19.8. The quantitative estimate of drug-likeness (QED) is 0.378. The smallest absolute Gasteiger partial charge is 0.407 e. The largest absolute Gasteiger partial charge is 0.591 e. The average Bonchev–Trinajstić information content (AvgIpc) is 2.67. The zero-order valence-electron chi connectivity index (χ0n) is 17.4. The number of carbonyl (C=O) groups is 1. The van der Waals surface area contributed by atoms with E-state index < -0.39 is 22.2 Å². The Bertz CT molecular complexity index is 883. The molecule has 0 bridgehead atoms. The first kappa shape index (κ1) is 24.4. The molecule has 30 heavy (non-hydrogen) atoms. The number of carboxylic acid groups (broad SMARTS) is 1. The van der Waals surface area contributed by atoms with Crippen LogP contribution in [0, 0.1) is 5.82 Å². The highest BCUT2D eigenvalue weighted by atomic mass is 79.9. The Morgan fingerprint density at radius 2 is 1.77 bits per heavy atom. The summed E-state index contributed by atoms with van der Waals surface area (Å²) in [4.78, 5) is 13.2. The van der Waals surface area contributed by atoms with Crippen LogP contribution in [0.3, 0.4) is 0 Å². The summed E-state index contributed by atoms with van der Waals surface area (Å²) in [5.74, 6) is -0.383. The SMILES string of the molecule is C[C@@H](c1ccc(Br)cc1)N(CCC(=N[S@@+]([O-])C(C)(C)C)c1ccc(F)cc1)C(=O)O. The van der Waals surface area contributed by atoms with E-state index in [0.29, 0.717) is 11.3 Å². The normalized spacial score (nSPS) is 14.3. The van der Waals surface area contributed by atoms with Gasteiger partial charge in [0.05, 0.1) is 6.04 Å². The zero-order chi connectivity index (χ0) is 22.5. The van der Waals surface area contributed by atoms with Crippen molar-refractivity contribution in [3.8, 4) is 0 Å². The predicted octanol–water partition coefficient (Wildman–Crippen LogP) is 5.97. The van der Waals surface area contributed by atoms with Gasteiger partial charge in [-0.15, -0.1) is 0 Å². The average molecular weight is 497 g/mol. The van der Waals surface area contributed by atoms with Gasteiger partial charge in [-0.2, -0.15) is 0 Å². The Morgan fingerprint density at radius 3 is 2.27 bits per heavy atom. The first-order valence-electron chi connectivity index (χ1n) is 9.49. The molecule has 0 heterocycles. The second-order valence-electron chi connectivity index (χ2n) is 7.86. The topological polar surface area (TPSA) is 76.0 Å². The Hall–Kier alpha value is -1.90. The molecule has 0 unspecified atom stereocenters. The van der Waals surface area contributed by atoms with Gasteiger partial charge in [0.15, 0.2) is 0 Å². The van der Waals surface area contributed by atoms with E-state index >= 15 is 0 Å². The first-order valence-corrected chi connectivity index (χ1v) is 11.4. The summed E-state index contributed by atoms with van der Waals surface area (Å²) in [6.45, 7) is 7.42. The highest BCUT2D eigenvalue weighted by Crippen LogP contribution is 2.24. The summed E-state index contributed by atoms with van der Waals surface area (Å²) < 4.78 is 30.7. The van der Waals surface area contributed by atoms with Crippen LogP contribution in [0.15, 0.2) is 57.4 Å². The van der Waals surface area contributed by atoms with Crippen LogP contribution in [-0.4, -0.2) is 37.7 Å². The number of hydrogen-bond acceptors (Lipinski definition) is 3. The highest BCUT2D eigenvalue weighted by Gasteiger charge is 2.28. The van der Waals surface area contributed by atoms with Crippen molar-refractivity contribution in [1.82, 2.24) is 4.90 Å². The molecular weight excluding hydrogens is 471 g/mol. The van der Waals surface area contributed by atoms with Crippen molar-refractivity contribution in [1.29, 1.82) is 0 Å². The summed E-state index contributed by atoms with van der Waals surface area (Å²) in [6.07, 6.45) is -0.804. The van der Waals surface area contributed by atoms with Crippen molar-refractivity contribution in [2.75, 3.05) is 6.54 Å². The van der Waals surface area contributed by atoms with Crippen LogP contribution in [0.25, 0.3) is 0 Å². The van der Waals surface area contributed by atoms with E-state index in [2.05, 4.69) is 20.3 Å². The molecule has 2 aromatic carbocycles. The van der Waals surface area contributed by atoms with Gasteiger partial charge in [0, 0.05) is 23.0 Å². The molecule has 0 fully saturated rings. The molecule has 0 aliphatic rings. The fourth-order valence-corrected chi connectivity index (χ4v) is 3.66. The van der Waals surface area contributed by atoms with E-state index in [1.165, 1.54) is 17.0 Å². The number of benzene rings is 2. The standard InChI is InChI=1S/C22H26BrFN2O3S/c1-15(16-5-9-18(23)10-6-16)26(21(27)28)14-13-20(25-30(29)22(2,3)4)17-7-11-19(24)12-8-17/h5-12,15H,13-14H2,1-4H3,(H,27,28)/t15-,30-/m0/s1. The van der Waals surface area contributed by atoms with E-state index in [0.717, 1.165) is 10.0 Å². The van der Waals surface area contributed by atoms with Gasteiger partial charge in [0.2, 0.25) is 0 Å². The minimum Gasteiger partial charge on any atom is -0.591 e. The van der Waals surface area contributed by atoms with Gasteiger partial charge >= 0.3 is 6.09 Å². The monoisotopic (exact) mass is 496 g/mol. The van der Waals surface area contributed by atoms with Crippen molar-refractivity contribution in [3.63, 3.8) is 0 Å². The lowest BCUT2D eigenvalue weighted by Crippen LogP contribution is -2.34. The van der Waals surface area contributed by atoms with Gasteiger partial charge < -0.3 is 14.6 Å². The third-order valence-electron chi connectivity index (χ3n) is 4.55. The van der Waals surface area contributed by atoms with Gasteiger partial charge in [-0.25, -0.2) is 9.18 Å². The van der Waals surface area contributed by atoms with E-state index in [1.54, 1.807) is 12.1 Å². The van der Waals surface area contributed by atoms with Crippen molar-refractivity contribution in [2.24, 2.45) is 4.40 Å². The Balaban J connectivity index is 2.28. The second kappa shape index (κ2) is 10.4. The number of amides is 1. The summed E-state index contributed by atoms with van der Waals surface area (Å²) in [6, 6.07) is 12.8. The van der Waals surface area contributed by atoms with Gasteiger partial charge in [-0.1, -0.05) is 44.6 Å². The number of nitrogens with zero attached hydrogens (tertiary/aromatic N) is 2. The molecule has 1 amide bonds. The lowest BCUT2D eigenvalue weighted by atomic mass is 10.0. The van der Waals surface area contributed by atoms with Crippen LogP contribution < -0.4 is 0 Å². The van der Waals surface area contributed by atoms with Crippen LogP contribution in [0.4, 0.5) is 9.18 Å². The molecule has 2 aromatic rings. The van der Waals surface area contributed by atoms with Gasteiger partial charge in [0.25, 0.3) is 0 Å². The summed E-state index contributed by atoms with van der Waals surface area (Å²) in [5.41, 5.74) is 1.97. The third kappa shape index (κ3) is 6.82. The molecule has 1 N–H and O–H groups in total. The molecule has 0 aliphatic heterocycles. The van der Waals surface area contributed by atoms with E-state index in [4.69, 9.17) is 0 Å². The van der Waals surface area contributed by atoms with Crippen LogP contribution in [0.1, 0.15) is 51.3 Å². The predicted molar refractivity (Wildman–Crippen MR) is 123 cm³/mol. The molecular formula is C22H26BrFN2O3S. The van der Waals surface area contributed by atoms with E-state index in [9.17, 15) is 18.8 Å². The van der Waals surface area contributed by atoms with Crippen molar-refractivity contribution in [2.45, 2.75) is 44.9 Å². The lowest BCUT2D eigenvalue weighted by molar-refractivity contribution is 0.130. The molecule has 0 saturated heterocycles. The molecule has 0 spiro atoms. The van der Waals surface area contributed by atoms with E-state index in [-0.39, 0.29) is 24.8 Å². The Kier molecular flexibility index (Phi) is 8.46. The molecule has 0 aliphatic carbocycles. The van der Waals surface area contributed by atoms with Crippen LogP contribution in [0.5, 0.6) is 0 Å². The molecule has 0 aromatic heterocycles.